The molecule has 36 heavy (non-hydrogen) atoms. The highest BCUT2D eigenvalue weighted by Crippen LogP contribution is 2.40. The minimum atomic E-state index is -0.454. The maximum atomic E-state index is 13.4. The van der Waals surface area contributed by atoms with Crippen LogP contribution in [0.4, 0.5) is 10.5 Å². The number of nitrogens with one attached hydrogen (secondary N) is 1. The predicted molar refractivity (Wildman–Crippen MR) is 140 cm³/mol. The second kappa shape index (κ2) is 9.34. The van der Waals surface area contributed by atoms with E-state index in [1.807, 2.05) is 68.4 Å². The summed E-state index contributed by atoms with van der Waals surface area (Å²) in [5.41, 5.74) is 7.40. The standard InChI is InChI=1S/C29H28N4O3/c1-17-9-12-21(13-10-17)27-31-28(36-32-27)25-20(4)33(23-7-6-8-24(16-23)35-5)29(34)30-26(25)22-14-11-18(2)19(3)15-22/h6-16,26H,1-5H3,(H,30,34). The van der Waals surface area contributed by atoms with Crippen LogP contribution in [0.5, 0.6) is 5.75 Å². The van der Waals surface area contributed by atoms with Crippen molar-refractivity contribution in [1.82, 2.24) is 15.5 Å². The summed E-state index contributed by atoms with van der Waals surface area (Å²) in [5, 5.41) is 7.42. The van der Waals surface area contributed by atoms with Crippen LogP contribution in [0.1, 0.15) is 41.1 Å². The Morgan fingerprint density at radius 3 is 2.44 bits per heavy atom. The third-order valence-corrected chi connectivity index (χ3v) is 6.63. The molecule has 0 aliphatic carbocycles. The Morgan fingerprint density at radius 2 is 1.72 bits per heavy atom. The van der Waals surface area contributed by atoms with Gasteiger partial charge in [0.25, 0.3) is 5.89 Å². The second-order valence-electron chi connectivity index (χ2n) is 9.05. The van der Waals surface area contributed by atoms with E-state index in [0.29, 0.717) is 28.8 Å². The van der Waals surface area contributed by atoms with Gasteiger partial charge in [0.1, 0.15) is 5.75 Å². The number of hydrogen-bond donors (Lipinski definition) is 1. The summed E-state index contributed by atoms with van der Waals surface area (Å²) in [4.78, 5) is 19.8. The van der Waals surface area contributed by atoms with Gasteiger partial charge in [-0.05, 0) is 56.5 Å². The lowest BCUT2D eigenvalue weighted by Crippen LogP contribution is -2.46. The van der Waals surface area contributed by atoms with Crippen molar-refractivity contribution in [2.24, 2.45) is 0 Å². The Kier molecular flexibility index (Phi) is 6.06. The van der Waals surface area contributed by atoms with Crippen molar-refractivity contribution >= 4 is 17.3 Å². The van der Waals surface area contributed by atoms with Crippen LogP contribution >= 0.6 is 0 Å². The Balaban J connectivity index is 1.66. The van der Waals surface area contributed by atoms with Crippen LogP contribution in [0.15, 0.2) is 77.0 Å². The summed E-state index contributed by atoms with van der Waals surface area (Å²) >= 11 is 0. The molecule has 1 N–H and O–H groups in total. The number of nitrogens with zero attached hydrogens (tertiary/aromatic N) is 3. The van der Waals surface area contributed by atoms with Gasteiger partial charge in [0.2, 0.25) is 5.82 Å². The fraction of sp³-hybridized carbons (Fsp3) is 0.207. The van der Waals surface area contributed by atoms with Gasteiger partial charge in [-0.3, -0.25) is 4.90 Å². The van der Waals surface area contributed by atoms with E-state index in [0.717, 1.165) is 27.8 Å². The molecule has 5 rings (SSSR count). The number of ether oxygens (including phenoxy) is 1. The second-order valence-corrected chi connectivity index (χ2v) is 9.05. The number of aromatic nitrogens is 2. The minimum Gasteiger partial charge on any atom is -0.497 e. The van der Waals surface area contributed by atoms with E-state index < -0.39 is 6.04 Å². The molecule has 7 heteroatoms. The predicted octanol–water partition coefficient (Wildman–Crippen LogP) is 6.37. The van der Waals surface area contributed by atoms with Crippen molar-refractivity contribution in [3.05, 3.63) is 101 Å². The van der Waals surface area contributed by atoms with E-state index in [-0.39, 0.29) is 6.03 Å². The van der Waals surface area contributed by atoms with Crippen LogP contribution in [0.2, 0.25) is 0 Å². The molecule has 1 unspecified atom stereocenters. The Morgan fingerprint density at radius 1 is 0.944 bits per heavy atom. The highest BCUT2D eigenvalue weighted by Gasteiger charge is 2.36. The Labute approximate surface area is 210 Å². The Bertz CT molecular complexity index is 1470. The van der Waals surface area contributed by atoms with Gasteiger partial charge in [-0.25, -0.2) is 4.79 Å². The average Bonchev–Trinajstić information content (AvgIpc) is 3.35. The van der Waals surface area contributed by atoms with Crippen LogP contribution < -0.4 is 15.0 Å². The number of carbonyl (C=O) groups is 1. The number of urea groups is 1. The summed E-state index contributed by atoms with van der Waals surface area (Å²) in [6.45, 7) is 8.06. The molecule has 4 aromatic rings. The van der Waals surface area contributed by atoms with E-state index in [9.17, 15) is 4.79 Å². The van der Waals surface area contributed by atoms with Gasteiger partial charge in [-0.15, -0.1) is 0 Å². The summed E-state index contributed by atoms with van der Waals surface area (Å²) in [7, 11) is 1.60. The molecule has 7 nitrogen and oxygen atoms in total. The molecule has 1 aliphatic rings. The molecule has 1 aromatic heterocycles. The number of hydrogen-bond acceptors (Lipinski definition) is 5. The van der Waals surface area contributed by atoms with Crippen LogP contribution in [0, 0.1) is 20.8 Å². The van der Waals surface area contributed by atoms with Crippen molar-refractivity contribution in [2.75, 3.05) is 12.0 Å². The number of rotatable bonds is 5. The zero-order valence-electron chi connectivity index (χ0n) is 21.0. The number of benzene rings is 3. The first-order chi connectivity index (χ1) is 17.4. The van der Waals surface area contributed by atoms with Crippen molar-refractivity contribution in [1.29, 1.82) is 0 Å². The smallest absolute Gasteiger partial charge is 0.327 e. The summed E-state index contributed by atoms with van der Waals surface area (Å²) < 4.78 is 11.2. The van der Waals surface area contributed by atoms with Gasteiger partial charge in [0.15, 0.2) is 0 Å². The number of carbonyl (C=O) groups excluding carboxylic acids is 1. The maximum Gasteiger partial charge on any atom is 0.327 e. The van der Waals surface area contributed by atoms with Gasteiger partial charge in [-0.1, -0.05) is 59.3 Å². The minimum absolute atomic E-state index is 0.244. The van der Waals surface area contributed by atoms with E-state index in [4.69, 9.17) is 14.2 Å². The summed E-state index contributed by atoms with van der Waals surface area (Å²) in [6, 6.07) is 20.8. The van der Waals surface area contributed by atoms with E-state index in [1.54, 1.807) is 12.0 Å². The number of anilines is 1. The molecule has 3 aromatic carbocycles. The summed E-state index contributed by atoms with van der Waals surface area (Å²) in [6.07, 6.45) is 0. The van der Waals surface area contributed by atoms with E-state index in [2.05, 4.69) is 36.5 Å². The quantitative estimate of drug-likeness (QED) is 0.359. The zero-order chi connectivity index (χ0) is 25.4. The fourth-order valence-electron chi connectivity index (χ4n) is 4.43. The number of aryl methyl sites for hydroxylation is 3. The zero-order valence-corrected chi connectivity index (χ0v) is 21.0. The largest absolute Gasteiger partial charge is 0.497 e. The first kappa shape index (κ1) is 23.4. The van der Waals surface area contributed by atoms with Crippen molar-refractivity contribution in [3.63, 3.8) is 0 Å². The lowest BCUT2D eigenvalue weighted by molar-refractivity contribution is 0.244. The first-order valence-corrected chi connectivity index (χ1v) is 11.8. The van der Waals surface area contributed by atoms with Crippen LogP contribution in [-0.4, -0.2) is 23.3 Å². The molecule has 0 radical (unpaired) electrons. The molecule has 2 heterocycles. The van der Waals surface area contributed by atoms with Gasteiger partial charge in [0, 0.05) is 17.3 Å². The number of amides is 2. The normalized spacial score (nSPS) is 15.8. The SMILES string of the molecule is COc1cccc(N2C(=O)NC(c3ccc(C)c(C)c3)C(c3nc(-c4ccc(C)cc4)no3)=C2C)c1. The van der Waals surface area contributed by atoms with Gasteiger partial charge >= 0.3 is 6.03 Å². The molecule has 1 aliphatic heterocycles. The summed E-state index contributed by atoms with van der Waals surface area (Å²) in [5.74, 6) is 1.51. The fourth-order valence-corrected chi connectivity index (χ4v) is 4.43. The number of methoxy groups -OCH3 is 1. The molecular weight excluding hydrogens is 452 g/mol. The van der Waals surface area contributed by atoms with Crippen LogP contribution in [0.3, 0.4) is 0 Å². The third kappa shape index (κ3) is 4.24. The van der Waals surface area contributed by atoms with Crippen LogP contribution in [-0.2, 0) is 0 Å². The third-order valence-electron chi connectivity index (χ3n) is 6.63. The molecule has 0 saturated carbocycles. The average molecular weight is 481 g/mol. The van der Waals surface area contributed by atoms with E-state index in [1.165, 1.54) is 5.56 Å². The molecule has 0 fully saturated rings. The van der Waals surface area contributed by atoms with Gasteiger partial charge in [-0.2, -0.15) is 4.98 Å². The topological polar surface area (TPSA) is 80.5 Å². The van der Waals surface area contributed by atoms with Crippen LogP contribution in [0.25, 0.3) is 17.0 Å². The lowest BCUT2D eigenvalue weighted by atomic mass is 9.92. The first-order valence-electron chi connectivity index (χ1n) is 11.8. The molecule has 2 amide bonds. The van der Waals surface area contributed by atoms with Crippen molar-refractivity contribution in [2.45, 2.75) is 33.7 Å². The van der Waals surface area contributed by atoms with E-state index >= 15 is 0 Å². The molecule has 0 bridgehead atoms. The monoisotopic (exact) mass is 480 g/mol. The molecule has 1 atom stereocenters. The highest BCUT2D eigenvalue weighted by molar-refractivity contribution is 6.01. The van der Waals surface area contributed by atoms with Gasteiger partial charge in [0.05, 0.1) is 24.4 Å². The molecular formula is C29H28N4O3. The maximum absolute atomic E-state index is 13.4. The lowest BCUT2D eigenvalue weighted by Gasteiger charge is -2.35. The van der Waals surface area contributed by atoms with Crippen molar-refractivity contribution < 1.29 is 14.1 Å². The number of allylic oxidation sites excluding steroid dienone is 1. The highest BCUT2D eigenvalue weighted by atomic mass is 16.5. The van der Waals surface area contributed by atoms with Crippen molar-refractivity contribution in [3.8, 4) is 17.1 Å². The molecule has 0 spiro atoms. The Hall–Kier alpha value is -4.39. The molecule has 182 valence electrons. The van der Waals surface area contributed by atoms with Gasteiger partial charge < -0.3 is 14.6 Å². The molecule has 0 saturated heterocycles.